The van der Waals surface area contributed by atoms with Crippen LogP contribution in [0.5, 0.6) is 0 Å². The zero-order valence-corrected chi connectivity index (χ0v) is 17.2. The molecule has 0 atom stereocenters. The summed E-state index contributed by atoms with van der Waals surface area (Å²) in [6.45, 7) is 6.85. The number of hydrogen-bond donors (Lipinski definition) is 1. The number of benzene rings is 1. The van der Waals surface area contributed by atoms with Gasteiger partial charge < -0.3 is 10.3 Å². The number of amidine groups is 1. The fourth-order valence-corrected chi connectivity index (χ4v) is 2.11. The molecule has 1 aromatic rings. The van der Waals surface area contributed by atoms with Crippen molar-refractivity contribution in [3.8, 4) is 0 Å². The van der Waals surface area contributed by atoms with E-state index in [0.29, 0.717) is 15.4 Å². The Kier molecular flexibility index (Phi) is 7.12. The molecule has 2 radical (unpaired) electrons. The standard InChI is InChI=1S/C14H17N2O4.ClH.K/c1-13(2)14(3,4)16(20)11(15(13)19)9-5-7-10(8-6-9)12(17)18;;/h5-8H,1-4H3,(H,17,18);1H;. The normalized spacial score (nSPS) is 18.5. The molecule has 1 aromatic carbocycles. The summed E-state index contributed by atoms with van der Waals surface area (Å²) >= 11 is 0. The summed E-state index contributed by atoms with van der Waals surface area (Å²) in [5.74, 6) is -1.04. The first-order valence-electron chi connectivity index (χ1n) is 6.26. The van der Waals surface area contributed by atoms with E-state index < -0.39 is 17.0 Å². The SMILES string of the molecule is CC1(C)N([O])C(c2ccc(C(=O)O)cc2)=[N+]([O-])C1(C)C.Cl.[K]. The Morgan fingerprint density at radius 2 is 1.64 bits per heavy atom. The smallest absolute Gasteiger partial charge is 0.335 e. The average molecular weight is 353 g/mol. The molecule has 116 valence electrons. The zero-order valence-electron chi connectivity index (χ0n) is 13.3. The van der Waals surface area contributed by atoms with Crippen molar-refractivity contribution in [3.63, 3.8) is 0 Å². The van der Waals surface area contributed by atoms with Crippen LogP contribution in [0.4, 0.5) is 0 Å². The second-order valence-electron chi connectivity index (χ2n) is 5.91. The van der Waals surface area contributed by atoms with Crippen LogP contribution in [0.2, 0.25) is 0 Å². The van der Waals surface area contributed by atoms with Crippen molar-refractivity contribution in [1.29, 1.82) is 0 Å². The van der Waals surface area contributed by atoms with Gasteiger partial charge in [-0.25, -0.2) is 4.79 Å². The van der Waals surface area contributed by atoms with Crippen molar-refractivity contribution in [2.45, 2.75) is 38.8 Å². The van der Waals surface area contributed by atoms with E-state index in [-0.39, 0.29) is 75.2 Å². The van der Waals surface area contributed by atoms with E-state index in [1.807, 2.05) is 0 Å². The van der Waals surface area contributed by atoms with Crippen molar-refractivity contribution in [3.05, 3.63) is 40.6 Å². The third-order valence-electron chi connectivity index (χ3n) is 4.29. The molecule has 0 amide bonds. The van der Waals surface area contributed by atoms with Gasteiger partial charge in [-0.1, -0.05) is 5.06 Å². The van der Waals surface area contributed by atoms with Crippen LogP contribution < -0.4 is 0 Å². The van der Waals surface area contributed by atoms with Crippen LogP contribution in [-0.4, -0.2) is 89.2 Å². The van der Waals surface area contributed by atoms with Gasteiger partial charge in [0, 0.05) is 56.6 Å². The van der Waals surface area contributed by atoms with Crippen molar-refractivity contribution in [1.82, 2.24) is 5.06 Å². The van der Waals surface area contributed by atoms with Gasteiger partial charge in [0.15, 0.2) is 5.54 Å². The molecule has 0 unspecified atom stereocenters. The topological polar surface area (TPSA) is 86.5 Å². The van der Waals surface area contributed by atoms with Crippen LogP contribution >= 0.6 is 12.4 Å². The van der Waals surface area contributed by atoms with Crippen molar-refractivity contribution >= 4 is 75.6 Å². The largest absolute Gasteiger partial charge is 0.714 e. The number of rotatable bonds is 2. The van der Waals surface area contributed by atoms with Gasteiger partial charge in [0.1, 0.15) is 5.54 Å². The van der Waals surface area contributed by atoms with Crippen molar-refractivity contribution < 1.29 is 19.8 Å². The minimum absolute atomic E-state index is 0. The van der Waals surface area contributed by atoms with Crippen molar-refractivity contribution in [2.24, 2.45) is 0 Å². The maximum Gasteiger partial charge on any atom is 0.335 e. The third-order valence-corrected chi connectivity index (χ3v) is 4.29. The van der Waals surface area contributed by atoms with E-state index in [4.69, 9.17) is 5.11 Å². The predicted octanol–water partition coefficient (Wildman–Crippen LogP) is 1.90. The minimum atomic E-state index is -1.05. The van der Waals surface area contributed by atoms with Gasteiger partial charge >= 0.3 is 11.8 Å². The van der Waals surface area contributed by atoms with E-state index in [1.54, 1.807) is 27.7 Å². The fourth-order valence-electron chi connectivity index (χ4n) is 2.11. The Morgan fingerprint density at radius 1 is 1.18 bits per heavy atom. The number of carbonyl (C=O) groups is 1. The number of nitrogens with zero attached hydrogens (tertiary/aromatic N) is 2. The molecule has 6 nitrogen and oxygen atoms in total. The van der Waals surface area contributed by atoms with Gasteiger partial charge in [0.2, 0.25) is 0 Å². The van der Waals surface area contributed by atoms with Crippen molar-refractivity contribution in [2.75, 3.05) is 0 Å². The molecule has 2 rings (SSSR count). The third kappa shape index (κ3) is 3.21. The number of hydroxylamine groups is 3. The van der Waals surface area contributed by atoms with Crippen LogP contribution in [-0.2, 0) is 5.21 Å². The molecule has 0 fully saturated rings. The van der Waals surface area contributed by atoms with E-state index in [0.717, 1.165) is 0 Å². The molecule has 22 heavy (non-hydrogen) atoms. The van der Waals surface area contributed by atoms with E-state index >= 15 is 0 Å². The summed E-state index contributed by atoms with van der Waals surface area (Å²) in [4.78, 5) is 10.8. The molecule has 0 aliphatic carbocycles. The number of carboxylic acids is 1. The number of carboxylic acid groups (broad SMARTS) is 1. The molecule has 8 heteroatoms. The molecule has 0 bridgehead atoms. The van der Waals surface area contributed by atoms with Crippen LogP contribution in [0.3, 0.4) is 0 Å². The van der Waals surface area contributed by atoms with E-state index in [9.17, 15) is 15.2 Å². The molecule has 1 aliphatic rings. The Morgan fingerprint density at radius 3 is 1.95 bits per heavy atom. The Labute approximate surface area is 178 Å². The Bertz CT molecular complexity index is 599. The first kappa shape index (κ1) is 21.8. The molecule has 0 saturated carbocycles. The Hall–Kier alpha value is -0.154. The number of halogens is 1. The summed E-state index contributed by atoms with van der Waals surface area (Å²) in [5.41, 5.74) is -1.23. The number of hydrogen-bond acceptors (Lipinski definition) is 3. The van der Waals surface area contributed by atoms with Gasteiger partial charge in [-0.05, 0) is 52.0 Å². The van der Waals surface area contributed by atoms with Gasteiger partial charge in [-0.3, -0.25) is 4.74 Å². The van der Waals surface area contributed by atoms with Gasteiger partial charge in [0.25, 0.3) is 0 Å². The van der Waals surface area contributed by atoms with Crippen LogP contribution in [0.25, 0.3) is 0 Å². The summed E-state index contributed by atoms with van der Waals surface area (Å²) in [5, 5.41) is 34.4. The summed E-state index contributed by atoms with van der Waals surface area (Å²) in [6, 6.07) is 5.72. The first-order valence-corrected chi connectivity index (χ1v) is 6.26. The molecular formula is C14H18ClKN2O4. The first-order chi connectivity index (χ1) is 9.10. The van der Waals surface area contributed by atoms with Crippen LogP contribution in [0.1, 0.15) is 43.6 Å². The quantitative estimate of drug-likeness (QED) is 0.500. The molecule has 0 spiro atoms. The summed E-state index contributed by atoms with van der Waals surface area (Å²) in [7, 11) is 0. The fraction of sp³-hybridized carbons (Fsp3) is 0.429. The number of aromatic carboxylic acids is 1. The van der Waals surface area contributed by atoms with Gasteiger partial charge in [-0.2, -0.15) is 0 Å². The van der Waals surface area contributed by atoms with Gasteiger partial charge in [-0.15, -0.1) is 12.4 Å². The monoisotopic (exact) mass is 352 g/mol. The predicted molar refractivity (Wildman–Crippen MR) is 84.8 cm³/mol. The van der Waals surface area contributed by atoms with Crippen LogP contribution in [0, 0.1) is 5.21 Å². The molecule has 1 heterocycles. The minimum Gasteiger partial charge on any atom is -0.714 e. The molecule has 0 aromatic heterocycles. The summed E-state index contributed by atoms with van der Waals surface area (Å²) in [6.07, 6.45) is 0. The molecule has 0 saturated heterocycles. The van der Waals surface area contributed by atoms with Gasteiger partial charge in [0.05, 0.1) is 11.1 Å². The molecular weight excluding hydrogens is 335 g/mol. The average Bonchev–Trinajstić information content (AvgIpc) is 2.49. The van der Waals surface area contributed by atoms with Crippen LogP contribution in [0.15, 0.2) is 24.3 Å². The molecule has 1 N–H and O–H groups in total. The summed E-state index contributed by atoms with van der Waals surface area (Å²) < 4.78 is 0.704. The maximum absolute atomic E-state index is 12.4. The maximum atomic E-state index is 12.4. The zero-order chi connectivity index (χ0) is 15.3. The Balaban J connectivity index is 0.00000220. The molecule has 1 aliphatic heterocycles. The van der Waals surface area contributed by atoms with E-state index in [2.05, 4.69) is 0 Å². The second-order valence-corrected chi connectivity index (χ2v) is 5.91. The second kappa shape index (κ2) is 7.17. The van der Waals surface area contributed by atoms with E-state index in [1.165, 1.54) is 24.3 Å².